The lowest BCUT2D eigenvalue weighted by Crippen LogP contribution is -2.19. The number of hydrogen-bond acceptors (Lipinski definition) is 5. The van der Waals surface area contributed by atoms with E-state index in [0.29, 0.717) is 25.2 Å². The number of benzene rings is 1. The van der Waals surface area contributed by atoms with Crippen LogP contribution in [0.25, 0.3) is 10.9 Å². The number of nitrogens with zero attached hydrogens (tertiary/aromatic N) is 4. The highest BCUT2D eigenvalue weighted by atomic mass is 19.1. The van der Waals surface area contributed by atoms with Gasteiger partial charge in [0.15, 0.2) is 0 Å². The first kappa shape index (κ1) is 17.3. The standard InChI is InChI=1S/C21H20FN5/c1-3-18(22)14(2)10-27-11-17-20(12-27)24-13-25-21(17)26-16-8-15-6-4-5-7-19(15)23-9-16/h3-9,13H,2,10-12H2,1H3,(H,24,25,26). The molecule has 136 valence electrons. The van der Waals surface area contributed by atoms with Crippen LogP contribution in [-0.4, -0.2) is 26.4 Å². The lowest BCUT2D eigenvalue weighted by atomic mass is 10.2. The van der Waals surface area contributed by atoms with Crippen molar-refractivity contribution in [2.24, 2.45) is 0 Å². The van der Waals surface area contributed by atoms with E-state index in [4.69, 9.17) is 0 Å². The number of hydrogen-bond donors (Lipinski definition) is 1. The fourth-order valence-electron chi connectivity index (χ4n) is 3.29. The molecule has 0 amide bonds. The molecular formula is C21H20FN5. The van der Waals surface area contributed by atoms with Crippen molar-refractivity contribution >= 4 is 22.4 Å². The Morgan fingerprint density at radius 3 is 2.96 bits per heavy atom. The molecule has 1 N–H and O–H groups in total. The summed E-state index contributed by atoms with van der Waals surface area (Å²) in [7, 11) is 0. The summed E-state index contributed by atoms with van der Waals surface area (Å²) in [6, 6.07) is 10.0. The van der Waals surface area contributed by atoms with E-state index in [1.54, 1.807) is 19.4 Å². The highest BCUT2D eigenvalue weighted by molar-refractivity contribution is 5.82. The van der Waals surface area contributed by atoms with Crippen LogP contribution in [0.15, 0.2) is 66.9 Å². The summed E-state index contributed by atoms with van der Waals surface area (Å²) in [5, 5.41) is 4.42. The van der Waals surface area contributed by atoms with Crippen LogP contribution in [0, 0.1) is 0 Å². The zero-order valence-corrected chi connectivity index (χ0v) is 15.1. The van der Waals surface area contributed by atoms with Gasteiger partial charge in [0.2, 0.25) is 0 Å². The van der Waals surface area contributed by atoms with Gasteiger partial charge in [-0.05, 0) is 24.6 Å². The Morgan fingerprint density at radius 1 is 1.26 bits per heavy atom. The minimum absolute atomic E-state index is 0.266. The minimum Gasteiger partial charge on any atom is -0.339 e. The first-order chi connectivity index (χ1) is 13.1. The first-order valence-corrected chi connectivity index (χ1v) is 8.81. The first-order valence-electron chi connectivity index (χ1n) is 8.81. The topological polar surface area (TPSA) is 53.9 Å². The van der Waals surface area contributed by atoms with Gasteiger partial charge >= 0.3 is 0 Å². The fourth-order valence-corrected chi connectivity index (χ4v) is 3.29. The van der Waals surface area contributed by atoms with Crippen molar-refractivity contribution in [2.75, 3.05) is 11.9 Å². The molecule has 1 aromatic carbocycles. The third-order valence-corrected chi connectivity index (χ3v) is 4.65. The molecule has 1 aliphatic rings. The molecule has 5 nitrogen and oxygen atoms in total. The number of nitrogens with one attached hydrogen (secondary N) is 1. The van der Waals surface area contributed by atoms with Crippen molar-refractivity contribution in [1.82, 2.24) is 19.9 Å². The zero-order valence-electron chi connectivity index (χ0n) is 15.1. The fraction of sp³-hybridized carbons (Fsp3) is 0.190. The van der Waals surface area contributed by atoms with Crippen LogP contribution < -0.4 is 5.32 Å². The number of rotatable bonds is 5. The van der Waals surface area contributed by atoms with Gasteiger partial charge < -0.3 is 5.32 Å². The van der Waals surface area contributed by atoms with E-state index in [1.165, 1.54) is 6.08 Å². The quantitative estimate of drug-likeness (QED) is 0.678. The molecule has 0 spiro atoms. The van der Waals surface area contributed by atoms with Gasteiger partial charge in [-0.2, -0.15) is 0 Å². The summed E-state index contributed by atoms with van der Waals surface area (Å²) in [5.74, 6) is 0.495. The summed E-state index contributed by atoms with van der Waals surface area (Å²) in [4.78, 5) is 15.4. The van der Waals surface area contributed by atoms with Gasteiger partial charge in [-0.15, -0.1) is 0 Å². The van der Waals surface area contributed by atoms with Gasteiger partial charge in [0.05, 0.1) is 23.1 Å². The molecule has 0 unspecified atom stereocenters. The second-order valence-corrected chi connectivity index (χ2v) is 6.57. The van der Waals surface area contributed by atoms with E-state index in [-0.39, 0.29) is 5.83 Å². The van der Waals surface area contributed by atoms with Crippen LogP contribution >= 0.6 is 0 Å². The molecule has 0 aliphatic carbocycles. The van der Waals surface area contributed by atoms with Gasteiger partial charge in [-0.25, -0.2) is 14.4 Å². The number of allylic oxidation sites excluding steroid dienone is 1. The Bertz CT molecular complexity index is 1040. The largest absolute Gasteiger partial charge is 0.339 e. The van der Waals surface area contributed by atoms with Crippen molar-refractivity contribution in [3.63, 3.8) is 0 Å². The second kappa shape index (κ2) is 7.25. The predicted molar refractivity (Wildman–Crippen MR) is 105 cm³/mol. The van der Waals surface area contributed by atoms with E-state index in [9.17, 15) is 4.39 Å². The summed E-state index contributed by atoms with van der Waals surface area (Å²) in [6.07, 6.45) is 4.79. The van der Waals surface area contributed by atoms with Crippen LogP contribution in [0.3, 0.4) is 0 Å². The maximum Gasteiger partial charge on any atom is 0.138 e. The zero-order chi connectivity index (χ0) is 18.8. The van der Waals surface area contributed by atoms with Gasteiger partial charge in [0, 0.05) is 30.6 Å². The van der Waals surface area contributed by atoms with E-state index in [1.807, 2.05) is 30.3 Å². The van der Waals surface area contributed by atoms with Gasteiger partial charge in [-0.3, -0.25) is 9.88 Å². The minimum atomic E-state index is -0.266. The monoisotopic (exact) mass is 361 g/mol. The molecule has 0 bridgehead atoms. The van der Waals surface area contributed by atoms with E-state index in [0.717, 1.165) is 33.7 Å². The Kier molecular flexibility index (Phi) is 4.64. The van der Waals surface area contributed by atoms with Gasteiger partial charge in [-0.1, -0.05) is 30.9 Å². The molecule has 1 aliphatic heterocycles. The Morgan fingerprint density at radius 2 is 2.11 bits per heavy atom. The smallest absolute Gasteiger partial charge is 0.138 e. The molecule has 0 fully saturated rings. The van der Waals surface area contributed by atoms with Crippen molar-refractivity contribution < 1.29 is 4.39 Å². The maximum absolute atomic E-state index is 13.7. The molecule has 2 aromatic heterocycles. The molecule has 3 heterocycles. The normalized spacial score (nSPS) is 14.4. The number of aromatic nitrogens is 3. The highest BCUT2D eigenvalue weighted by Crippen LogP contribution is 2.29. The van der Waals surface area contributed by atoms with Crippen molar-refractivity contribution in [3.05, 3.63) is 78.2 Å². The van der Waals surface area contributed by atoms with E-state index in [2.05, 4.69) is 31.7 Å². The summed E-state index contributed by atoms with van der Waals surface area (Å²) in [5.41, 5.74) is 4.28. The third kappa shape index (κ3) is 3.57. The van der Waals surface area contributed by atoms with Gasteiger partial charge in [0.25, 0.3) is 0 Å². The molecule has 0 atom stereocenters. The average molecular weight is 361 g/mol. The highest BCUT2D eigenvalue weighted by Gasteiger charge is 2.24. The molecule has 0 saturated carbocycles. The van der Waals surface area contributed by atoms with E-state index < -0.39 is 0 Å². The van der Waals surface area contributed by atoms with Gasteiger partial charge in [0.1, 0.15) is 18.0 Å². The number of halogens is 1. The molecule has 6 heteroatoms. The van der Waals surface area contributed by atoms with Crippen LogP contribution in [0.1, 0.15) is 18.2 Å². The lowest BCUT2D eigenvalue weighted by molar-refractivity contribution is 0.306. The van der Waals surface area contributed by atoms with Crippen molar-refractivity contribution in [1.29, 1.82) is 0 Å². The number of fused-ring (bicyclic) bond motifs is 2. The van der Waals surface area contributed by atoms with Crippen LogP contribution in [-0.2, 0) is 13.1 Å². The number of para-hydroxylation sites is 1. The number of anilines is 2. The lowest BCUT2D eigenvalue weighted by Gasteiger charge is -2.15. The van der Waals surface area contributed by atoms with Crippen LogP contribution in [0.5, 0.6) is 0 Å². The Labute approximate surface area is 157 Å². The van der Waals surface area contributed by atoms with Crippen molar-refractivity contribution in [3.8, 4) is 0 Å². The molecule has 4 rings (SSSR count). The summed E-state index contributed by atoms with van der Waals surface area (Å²) >= 11 is 0. The van der Waals surface area contributed by atoms with Crippen LogP contribution in [0.4, 0.5) is 15.9 Å². The Balaban J connectivity index is 1.55. The molecule has 27 heavy (non-hydrogen) atoms. The molecule has 0 saturated heterocycles. The predicted octanol–water partition coefficient (Wildman–Crippen LogP) is 4.51. The van der Waals surface area contributed by atoms with Crippen molar-refractivity contribution in [2.45, 2.75) is 20.0 Å². The number of pyridine rings is 1. The average Bonchev–Trinajstić information content (AvgIpc) is 3.10. The summed E-state index contributed by atoms with van der Waals surface area (Å²) < 4.78 is 13.7. The third-order valence-electron chi connectivity index (χ3n) is 4.65. The second-order valence-electron chi connectivity index (χ2n) is 6.57. The van der Waals surface area contributed by atoms with E-state index >= 15 is 0 Å². The maximum atomic E-state index is 13.7. The molecule has 3 aromatic rings. The van der Waals surface area contributed by atoms with Crippen LogP contribution in [0.2, 0.25) is 0 Å². The summed E-state index contributed by atoms with van der Waals surface area (Å²) in [6.45, 7) is 7.26. The SMILES string of the molecule is C=C(CN1Cc2ncnc(Nc3cnc4ccccc4c3)c2C1)C(F)=CC. The molecule has 0 radical (unpaired) electrons. The Hall–Kier alpha value is -3.12. The molecular weight excluding hydrogens is 341 g/mol.